The highest BCUT2D eigenvalue weighted by molar-refractivity contribution is 5.85. The van der Waals surface area contributed by atoms with Gasteiger partial charge in [-0.15, -0.1) is 24.8 Å². The molecule has 0 saturated carbocycles. The molecule has 6 nitrogen and oxygen atoms in total. The van der Waals surface area contributed by atoms with E-state index in [4.69, 9.17) is 15.2 Å². The normalized spacial score (nSPS) is 23.5. The summed E-state index contributed by atoms with van der Waals surface area (Å²) in [5, 5.41) is 0. The van der Waals surface area contributed by atoms with Crippen LogP contribution < -0.4 is 5.73 Å². The van der Waals surface area contributed by atoms with E-state index in [-0.39, 0.29) is 42.7 Å². The Hall–Kier alpha value is -0.110. The fourth-order valence-corrected chi connectivity index (χ4v) is 3.59. The number of nitrogens with two attached hydrogens (primary N) is 1. The summed E-state index contributed by atoms with van der Waals surface area (Å²) >= 11 is 0. The van der Waals surface area contributed by atoms with Crippen LogP contribution in [0.3, 0.4) is 0 Å². The molecule has 0 aliphatic carbocycles. The van der Waals surface area contributed by atoms with E-state index in [2.05, 4.69) is 11.8 Å². The van der Waals surface area contributed by atoms with Gasteiger partial charge >= 0.3 is 0 Å². The van der Waals surface area contributed by atoms with E-state index < -0.39 is 0 Å². The third-order valence-corrected chi connectivity index (χ3v) is 5.17. The molecule has 150 valence electrons. The maximum atomic E-state index is 12.7. The summed E-state index contributed by atoms with van der Waals surface area (Å²) in [7, 11) is 0. The maximum absolute atomic E-state index is 12.7. The van der Waals surface area contributed by atoms with Crippen LogP contribution in [-0.2, 0) is 14.3 Å². The predicted octanol–water partition coefficient (Wildman–Crippen LogP) is 1.54. The van der Waals surface area contributed by atoms with Gasteiger partial charge in [-0.25, -0.2) is 0 Å². The Morgan fingerprint density at radius 1 is 1.24 bits per heavy atom. The highest BCUT2D eigenvalue weighted by Gasteiger charge is 2.34. The minimum absolute atomic E-state index is 0. The third-order valence-electron chi connectivity index (χ3n) is 5.17. The molecular weight excluding hydrogens is 365 g/mol. The lowest BCUT2D eigenvalue weighted by molar-refractivity contribution is -0.138. The summed E-state index contributed by atoms with van der Waals surface area (Å²) < 4.78 is 10.8. The van der Waals surface area contributed by atoms with Crippen molar-refractivity contribution < 1.29 is 14.3 Å². The summed E-state index contributed by atoms with van der Waals surface area (Å²) in [6.07, 6.45) is 2.85. The van der Waals surface area contributed by atoms with Crippen molar-refractivity contribution in [3.8, 4) is 0 Å². The van der Waals surface area contributed by atoms with Crippen molar-refractivity contribution in [3.63, 3.8) is 0 Å². The quantitative estimate of drug-likeness (QED) is 0.657. The van der Waals surface area contributed by atoms with Crippen LogP contribution in [-0.4, -0.2) is 80.4 Å². The summed E-state index contributed by atoms with van der Waals surface area (Å²) in [4.78, 5) is 17.2. The first-order chi connectivity index (χ1) is 11.2. The van der Waals surface area contributed by atoms with Gasteiger partial charge in [0.2, 0.25) is 5.91 Å². The molecule has 2 heterocycles. The number of hydrogen-bond acceptors (Lipinski definition) is 5. The van der Waals surface area contributed by atoms with Crippen molar-refractivity contribution in [3.05, 3.63) is 0 Å². The average Bonchev–Trinajstić information content (AvgIpc) is 2.61. The van der Waals surface area contributed by atoms with Gasteiger partial charge in [0.15, 0.2) is 0 Å². The number of carbonyl (C=O) groups is 1. The number of halogens is 2. The number of ether oxygens (including phenoxy) is 2. The Morgan fingerprint density at radius 3 is 2.52 bits per heavy atom. The molecule has 2 fully saturated rings. The van der Waals surface area contributed by atoms with Crippen LogP contribution in [0.5, 0.6) is 0 Å². The molecule has 25 heavy (non-hydrogen) atoms. The lowest BCUT2D eigenvalue weighted by Crippen LogP contribution is -2.59. The molecule has 2 N–H and O–H groups in total. The summed E-state index contributed by atoms with van der Waals surface area (Å²) in [5.41, 5.74) is 6.26. The topological polar surface area (TPSA) is 68.0 Å². The van der Waals surface area contributed by atoms with E-state index in [1.54, 1.807) is 0 Å². The molecule has 2 unspecified atom stereocenters. The molecular formula is C17H35Cl2N3O3. The van der Waals surface area contributed by atoms with Gasteiger partial charge in [0, 0.05) is 52.0 Å². The van der Waals surface area contributed by atoms with E-state index in [0.717, 1.165) is 71.9 Å². The number of carbonyl (C=O) groups excluding carboxylic acids is 1. The van der Waals surface area contributed by atoms with Gasteiger partial charge in [-0.2, -0.15) is 0 Å². The second-order valence-electron chi connectivity index (χ2n) is 6.55. The van der Waals surface area contributed by atoms with Crippen molar-refractivity contribution in [2.75, 3.05) is 52.6 Å². The van der Waals surface area contributed by atoms with Gasteiger partial charge in [0.05, 0.1) is 12.6 Å². The zero-order chi connectivity index (χ0) is 16.7. The highest BCUT2D eigenvalue weighted by Crippen LogP contribution is 2.21. The monoisotopic (exact) mass is 399 g/mol. The van der Waals surface area contributed by atoms with E-state index in [0.29, 0.717) is 6.04 Å². The zero-order valence-corrected chi connectivity index (χ0v) is 17.2. The van der Waals surface area contributed by atoms with E-state index >= 15 is 0 Å². The number of rotatable bonds is 7. The van der Waals surface area contributed by atoms with E-state index in [9.17, 15) is 4.79 Å². The fourth-order valence-electron chi connectivity index (χ4n) is 3.59. The number of nitrogens with zero attached hydrogens (tertiary/aromatic N) is 2. The van der Waals surface area contributed by atoms with Crippen LogP contribution in [0.1, 0.15) is 33.1 Å². The second kappa shape index (κ2) is 13.1. The van der Waals surface area contributed by atoms with Gasteiger partial charge in [0.1, 0.15) is 0 Å². The average molecular weight is 400 g/mol. The van der Waals surface area contributed by atoms with Crippen molar-refractivity contribution >= 4 is 30.7 Å². The molecule has 2 aliphatic heterocycles. The molecule has 0 radical (unpaired) electrons. The fraction of sp³-hybridized carbons (Fsp3) is 0.941. The first kappa shape index (κ1) is 24.9. The molecule has 2 saturated heterocycles. The number of amides is 1. The Balaban J connectivity index is 0.00000288. The standard InChI is InChI=1S/C17H33N3O3.2ClH/c1-3-15-13-20(8-7-19(15)9-12-22-4-2)17(21)16(18)14-5-10-23-11-6-14;;/h14-16H,3-13,18H2,1-2H3;2*1H. The molecule has 0 spiro atoms. The van der Waals surface area contributed by atoms with Crippen molar-refractivity contribution in [2.24, 2.45) is 11.7 Å². The zero-order valence-electron chi connectivity index (χ0n) is 15.5. The van der Waals surface area contributed by atoms with Crippen LogP contribution in [0, 0.1) is 5.92 Å². The second-order valence-corrected chi connectivity index (χ2v) is 6.55. The van der Waals surface area contributed by atoms with Crippen LogP contribution in [0.25, 0.3) is 0 Å². The minimum atomic E-state index is -0.369. The summed E-state index contributed by atoms with van der Waals surface area (Å²) in [6, 6.07) is 0.0430. The molecule has 1 amide bonds. The van der Waals surface area contributed by atoms with Crippen LogP contribution >= 0.6 is 24.8 Å². The molecule has 2 rings (SSSR count). The lowest BCUT2D eigenvalue weighted by atomic mass is 9.91. The van der Waals surface area contributed by atoms with Crippen LogP contribution in [0.4, 0.5) is 0 Å². The number of piperazine rings is 1. The SMILES string of the molecule is CCOCCN1CCN(C(=O)C(N)C2CCOCC2)CC1CC.Cl.Cl. The maximum Gasteiger partial charge on any atom is 0.239 e. The predicted molar refractivity (Wildman–Crippen MR) is 105 cm³/mol. The van der Waals surface area contributed by atoms with Gasteiger partial charge in [-0.05, 0) is 32.1 Å². The first-order valence-corrected chi connectivity index (χ1v) is 9.11. The van der Waals surface area contributed by atoms with E-state index in [1.807, 2.05) is 11.8 Å². The summed E-state index contributed by atoms with van der Waals surface area (Å²) in [6.45, 7) is 10.6. The van der Waals surface area contributed by atoms with Gasteiger partial charge in [-0.3, -0.25) is 9.69 Å². The van der Waals surface area contributed by atoms with Crippen molar-refractivity contribution in [1.82, 2.24) is 9.80 Å². The third kappa shape index (κ3) is 7.19. The van der Waals surface area contributed by atoms with Crippen molar-refractivity contribution in [2.45, 2.75) is 45.2 Å². The van der Waals surface area contributed by atoms with Crippen LogP contribution in [0.15, 0.2) is 0 Å². The highest BCUT2D eigenvalue weighted by atomic mass is 35.5. The van der Waals surface area contributed by atoms with Gasteiger partial charge in [0.25, 0.3) is 0 Å². The van der Waals surface area contributed by atoms with Crippen LogP contribution in [0.2, 0.25) is 0 Å². The smallest absolute Gasteiger partial charge is 0.239 e. The van der Waals surface area contributed by atoms with Crippen molar-refractivity contribution in [1.29, 1.82) is 0 Å². The molecule has 8 heteroatoms. The molecule has 0 bridgehead atoms. The first-order valence-electron chi connectivity index (χ1n) is 9.11. The number of hydrogen-bond donors (Lipinski definition) is 1. The Bertz CT molecular complexity index is 371. The van der Waals surface area contributed by atoms with Gasteiger partial charge in [-0.1, -0.05) is 6.92 Å². The molecule has 0 aromatic heterocycles. The summed E-state index contributed by atoms with van der Waals surface area (Å²) in [5.74, 6) is 0.395. The van der Waals surface area contributed by atoms with E-state index in [1.165, 1.54) is 0 Å². The Kier molecular flexibility index (Phi) is 13.1. The minimum Gasteiger partial charge on any atom is -0.381 e. The molecule has 2 aliphatic rings. The Labute approximate surface area is 164 Å². The molecule has 0 aromatic carbocycles. The lowest BCUT2D eigenvalue weighted by Gasteiger charge is -2.42. The molecule has 0 aromatic rings. The van der Waals surface area contributed by atoms with Gasteiger partial charge < -0.3 is 20.1 Å². The Morgan fingerprint density at radius 2 is 1.92 bits per heavy atom. The molecule has 2 atom stereocenters. The largest absolute Gasteiger partial charge is 0.381 e.